The van der Waals surface area contributed by atoms with Crippen molar-refractivity contribution in [3.8, 4) is 0 Å². The van der Waals surface area contributed by atoms with E-state index in [1.165, 1.54) is 0 Å². The summed E-state index contributed by atoms with van der Waals surface area (Å²) >= 11 is 0. The molecule has 5 nitrogen and oxygen atoms in total. The first-order valence-electron chi connectivity index (χ1n) is 5.21. The molecule has 0 heterocycles. The lowest BCUT2D eigenvalue weighted by molar-refractivity contribution is -0.134. The van der Waals surface area contributed by atoms with Crippen LogP contribution in [0.1, 0.15) is 25.7 Å². The van der Waals surface area contributed by atoms with Crippen LogP contribution in [0.2, 0.25) is 0 Å². The van der Waals surface area contributed by atoms with Crippen LogP contribution in [0.4, 0.5) is 4.79 Å². The lowest BCUT2D eigenvalue weighted by Gasteiger charge is -2.29. The SMILES string of the molecule is CN(C)C(=O)C1CCCC(NC(=O)O)C1. The summed E-state index contributed by atoms with van der Waals surface area (Å²) in [7, 11) is 3.47. The van der Waals surface area contributed by atoms with Crippen LogP contribution >= 0.6 is 0 Å². The summed E-state index contributed by atoms with van der Waals surface area (Å²) in [5, 5.41) is 11.0. The molecule has 2 unspecified atom stereocenters. The lowest BCUT2D eigenvalue weighted by Crippen LogP contribution is -2.41. The van der Waals surface area contributed by atoms with E-state index in [1.54, 1.807) is 19.0 Å². The summed E-state index contributed by atoms with van der Waals surface area (Å²) in [5.74, 6) is 0.0810. The summed E-state index contributed by atoms with van der Waals surface area (Å²) in [6, 6.07) is -0.0647. The summed E-state index contributed by atoms with van der Waals surface area (Å²) < 4.78 is 0. The highest BCUT2D eigenvalue weighted by Crippen LogP contribution is 2.25. The molecule has 0 aromatic heterocycles. The Kier molecular flexibility index (Phi) is 3.94. The van der Waals surface area contributed by atoms with Gasteiger partial charge >= 0.3 is 6.09 Å². The standard InChI is InChI=1S/C10H18N2O3/c1-12(2)9(13)7-4-3-5-8(6-7)11-10(14)15/h7-8,11H,3-6H2,1-2H3,(H,14,15). The predicted molar refractivity (Wildman–Crippen MR) is 55.6 cm³/mol. The average molecular weight is 214 g/mol. The molecule has 2 amide bonds. The highest BCUT2D eigenvalue weighted by atomic mass is 16.4. The number of carbonyl (C=O) groups is 2. The molecule has 5 heteroatoms. The van der Waals surface area contributed by atoms with Gasteiger partial charge in [0, 0.05) is 26.1 Å². The van der Waals surface area contributed by atoms with E-state index in [1.807, 2.05) is 0 Å². The third-order valence-electron chi connectivity index (χ3n) is 2.79. The largest absolute Gasteiger partial charge is 0.465 e. The zero-order valence-corrected chi connectivity index (χ0v) is 9.19. The van der Waals surface area contributed by atoms with Gasteiger partial charge < -0.3 is 15.3 Å². The number of carbonyl (C=O) groups excluding carboxylic acids is 1. The highest BCUT2D eigenvalue weighted by molar-refractivity contribution is 5.78. The number of nitrogens with zero attached hydrogens (tertiary/aromatic N) is 1. The van der Waals surface area contributed by atoms with Gasteiger partial charge in [0.15, 0.2) is 0 Å². The first-order valence-corrected chi connectivity index (χ1v) is 5.21. The molecular formula is C10H18N2O3. The van der Waals surface area contributed by atoms with Crippen molar-refractivity contribution < 1.29 is 14.7 Å². The molecule has 0 radical (unpaired) electrons. The average Bonchev–Trinajstić information content (AvgIpc) is 2.16. The normalized spacial score (nSPS) is 25.7. The van der Waals surface area contributed by atoms with Gasteiger partial charge in [0.1, 0.15) is 0 Å². The van der Waals surface area contributed by atoms with E-state index in [0.717, 1.165) is 19.3 Å². The minimum Gasteiger partial charge on any atom is -0.465 e. The van der Waals surface area contributed by atoms with E-state index in [4.69, 9.17) is 5.11 Å². The van der Waals surface area contributed by atoms with Crippen molar-refractivity contribution in [1.29, 1.82) is 0 Å². The maximum atomic E-state index is 11.7. The van der Waals surface area contributed by atoms with Crippen LogP contribution < -0.4 is 5.32 Å². The van der Waals surface area contributed by atoms with Crippen LogP contribution in [-0.4, -0.2) is 42.1 Å². The number of hydrogen-bond donors (Lipinski definition) is 2. The summed E-state index contributed by atoms with van der Waals surface area (Å²) in [6.45, 7) is 0. The Morgan fingerprint density at radius 3 is 2.53 bits per heavy atom. The Bertz CT molecular complexity index is 253. The summed E-state index contributed by atoms with van der Waals surface area (Å²) in [4.78, 5) is 23.7. The summed E-state index contributed by atoms with van der Waals surface area (Å²) in [5.41, 5.74) is 0. The molecule has 1 saturated carbocycles. The minimum atomic E-state index is -1.00. The topological polar surface area (TPSA) is 69.6 Å². The van der Waals surface area contributed by atoms with Gasteiger partial charge in [-0.1, -0.05) is 6.42 Å². The first-order chi connectivity index (χ1) is 7.00. The molecule has 1 aliphatic carbocycles. The molecule has 0 spiro atoms. The second kappa shape index (κ2) is 5.00. The monoisotopic (exact) mass is 214 g/mol. The second-order valence-electron chi connectivity index (χ2n) is 4.24. The second-order valence-corrected chi connectivity index (χ2v) is 4.24. The van der Waals surface area contributed by atoms with Crippen molar-refractivity contribution in [2.45, 2.75) is 31.7 Å². The van der Waals surface area contributed by atoms with Crippen LogP contribution in [0.15, 0.2) is 0 Å². The van der Waals surface area contributed by atoms with Gasteiger partial charge in [0.05, 0.1) is 0 Å². The van der Waals surface area contributed by atoms with Crippen LogP contribution in [0, 0.1) is 5.92 Å². The Labute approximate surface area is 89.4 Å². The van der Waals surface area contributed by atoms with Crippen LogP contribution in [0.5, 0.6) is 0 Å². The molecule has 0 bridgehead atoms. The Morgan fingerprint density at radius 1 is 1.33 bits per heavy atom. The van der Waals surface area contributed by atoms with Crippen molar-refractivity contribution in [1.82, 2.24) is 10.2 Å². The van der Waals surface area contributed by atoms with E-state index >= 15 is 0 Å². The number of amides is 2. The third kappa shape index (κ3) is 3.42. The van der Waals surface area contributed by atoms with Crippen LogP contribution in [0.3, 0.4) is 0 Å². The maximum absolute atomic E-state index is 11.7. The van der Waals surface area contributed by atoms with Gasteiger partial charge in [0.2, 0.25) is 5.91 Å². The molecule has 0 aromatic rings. The van der Waals surface area contributed by atoms with Crippen molar-refractivity contribution in [3.05, 3.63) is 0 Å². The van der Waals surface area contributed by atoms with Crippen molar-refractivity contribution >= 4 is 12.0 Å². The van der Waals surface area contributed by atoms with Gasteiger partial charge in [-0.25, -0.2) is 4.79 Å². The van der Waals surface area contributed by atoms with Crippen molar-refractivity contribution in [2.24, 2.45) is 5.92 Å². The zero-order chi connectivity index (χ0) is 11.4. The number of nitrogens with one attached hydrogen (secondary N) is 1. The van der Waals surface area contributed by atoms with E-state index in [0.29, 0.717) is 6.42 Å². The summed E-state index contributed by atoms with van der Waals surface area (Å²) in [6.07, 6.45) is 2.24. The quantitative estimate of drug-likeness (QED) is 0.717. The fourth-order valence-electron chi connectivity index (χ4n) is 2.08. The fraction of sp³-hybridized carbons (Fsp3) is 0.800. The molecule has 1 rings (SSSR count). The van der Waals surface area contributed by atoms with Crippen LogP contribution in [0.25, 0.3) is 0 Å². The van der Waals surface area contributed by atoms with Gasteiger partial charge in [0.25, 0.3) is 0 Å². The first kappa shape index (κ1) is 11.8. The van der Waals surface area contributed by atoms with Gasteiger partial charge in [-0.2, -0.15) is 0 Å². The fourth-order valence-corrected chi connectivity index (χ4v) is 2.08. The molecule has 0 saturated heterocycles. The van der Waals surface area contributed by atoms with Crippen LogP contribution in [-0.2, 0) is 4.79 Å². The Balaban J connectivity index is 2.48. The van der Waals surface area contributed by atoms with E-state index in [9.17, 15) is 9.59 Å². The Hall–Kier alpha value is -1.26. The Morgan fingerprint density at radius 2 is 2.00 bits per heavy atom. The number of rotatable bonds is 2. The molecule has 0 aromatic carbocycles. The molecule has 1 fully saturated rings. The minimum absolute atomic E-state index is 0.0226. The molecule has 15 heavy (non-hydrogen) atoms. The lowest BCUT2D eigenvalue weighted by atomic mass is 9.85. The number of hydrogen-bond acceptors (Lipinski definition) is 2. The molecule has 0 aliphatic heterocycles. The van der Waals surface area contributed by atoms with Crippen molar-refractivity contribution in [2.75, 3.05) is 14.1 Å². The highest BCUT2D eigenvalue weighted by Gasteiger charge is 2.28. The van der Waals surface area contributed by atoms with Crippen molar-refractivity contribution in [3.63, 3.8) is 0 Å². The zero-order valence-electron chi connectivity index (χ0n) is 9.19. The van der Waals surface area contributed by atoms with E-state index < -0.39 is 6.09 Å². The molecule has 86 valence electrons. The molecule has 2 N–H and O–H groups in total. The van der Waals surface area contributed by atoms with Gasteiger partial charge in [-0.3, -0.25) is 4.79 Å². The van der Waals surface area contributed by atoms with E-state index in [2.05, 4.69) is 5.32 Å². The van der Waals surface area contributed by atoms with E-state index in [-0.39, 0.29) is 17.9 Å². The molecule has 1 aliphatic rings. The van der Waals surface area contributed by atoms with Gasteiger partial charge in [-0.05, 0) is 19.3 Å². The molecular weight excluding hydrogens is 196 g/mol. The third-order valence-corrected chi connectivity index (χ3v) is 2.79. The van der Waals surface area contributed by atoms with Gasteiger partial charge in [-0.15, -0.1) is 0 Å². The molecule has 2 atom stereocenters. The predicted octanol–water partition coefficient (Wildman–Crippen LogP) is 0.901. The number of carboxylic acid groups (broad SMARTS) is 1. The smallest absolute Gasteiger partial charge is 0.404 e. The maximum Gasteiger partial charge on any atom is 0.404 e.